The molecule has 3 fully saturated rings. The van der Waals surface area contributed by atoms with Gasteiger partial charge in [-0.3, -0.25) is 9.59 Å². The van der Waals surface area contributed by atoms with Gasteiger partial charge in [-0.25, -0.2) is 4.79 Å². The Hall–Kier alpha value is -3.55. The maximum absolute atomic E-state index is 14.2. The molecule has 3 heterocycles. The van der Waals surface area contributed by atoms with Gasteiger partial charge in [0.25, 0.3) is 0 Å². The lowest BCUT2D eigenvalue weighted by atomic mass is 9.79. The molecule has 40 heavy (non-hydrogen) atoms. The Morgan fingerprint density at radius 2 is 1.73 bits per heavy atom. The van der Waals surface area contributed by atoms with E-state index < -0.39 is 0 Å². The number of nitrogens with zero attached hydrogens (tertiary/aromatic N) is 2. The Morgan fingerprint density at radius 3 is 2.55 bits per heavy atom. The second-order valence-electron chi connectivity index (χ2n) is 11.8. The van der Waals surface area contributed by atoms with E-state index in [-0.39, 0.29) is 41.9 Å². The van der Waals surface area contributed by atoms with Crippen molar-refractivity contribution >= 4 is 23.5 Å². The van der Waals surface area contributed by atoms with Gasteiger partial charge in [-0.1, -0.05) is 61.4 Å². The molecule has 1 aliphatic carbocycles. The van der Waals surface area contributed by atoms with Gasteiger partial charge in [0.1, 0.15) is 0 Å². The van der Waals surface area contributed by atoms with Crippen LogP contribution in [0.4, 0.5) is 10.5 Å². The molecule has 0 spiro atoms. The van der Waals surface area contributed by atoms with Crippen LogP contribution in [0.25, 0.3) is 0 Å². The minimum atomic E-state index is -0.215. The van der Waals surface area contributed by atoms with Crippen LogP contribution in [-0.2, 0) is 9.59 Å². The number of fused-ring (bicyclic) bond motifs is 3. The van der Waals surface area contributed by atoms with E-state index in [1.54, 1.807) is 0 Å². The van der Waals surface area contributed by atoms with Crippen LogP contribution < -0.4 is 16.0 Å². The molecule has 4 aliphatic rings. The maximum Gasteiger partial charge on any atom is 0.315 e. The summed E-state index contributed by atoms with van der Waals surface area (Å²) in [6.45, 7) is 2.75. The standard InChI is InChI=1S/C32H41N5O3/c38-28-16-8-19-36(28)20-9-18-33-32(40)35-27-15-7-5-13-24(27)31(39)37-21-17-25-29(22-10-2-1-3-11-22)34-26-14-6-4-12-23(26)30(25)37/h1-4,6,10-12,14,24-25,27,29-30,34H,5,7-9,13,15-21H2,(H2,33,35,40)/t24-,25+,27+,29-,30-/m0/s1. The predicted octanol–water partition coefficient (Wildman–Crippen LogP) is 4.61. The molecule has 2 aromatic carbocycles. The first-order valence-electron chi connectivity index (χ1n) is 15.1. The van der Waals surface area contributed by atoms with E-state index in [1.165, 1.54) is 11.1 Å². The van der Waals surface area contributed by atoms with E-state index >= 15 is 0 Å². The fraction of sp³-hybridized carbons (Fsp3) is 0.531. The first-order chi connectivity index (χ1) is 19.6. The summed E-state index contributed by atoms with van der Waals surface area (Å²) in [5.41, 5.74) is 3.55. The molecular formula is C32H41N5O3. The van der Waals surface area contributed by atoms with E-state index in [4.69, 9.17) is 0 Å². The second-order valence-corrected chi connectivity index (χ2v) is 11.8. The summed E-state index contributed by atoms with van der Waals surface area (Å²) < 4.78 is 0. The topological polar surface area (TPSA) is 93.8 Å². The van der Waals surface area contributed by atoms with E-state index in [0.29, 0.717) is 25.4 Å². The monoisotopic (exact) mass is 543 g/mol. The lowest BCUT2D eigenvalue weighted by Crippen LogP contribution is -2.52. The highest BCUT2D eigenvalue weighted by atomic mass is 16.2. The molecule has 1 saturated carbocycles. The highest BCUT2D eigenvalue weighted by Gasteiger charge is 2.48. The minimum absolute atomic E-state index is 0.0276. The first kappa shape index (κ1) is 26.7. The molecule has 8 nitrogen and oxygen atoms in total. The number of urea groups is 1. The Balaban J connectivity index is 1.12. The van der Waals surface area contributed by atoms with Crippen molar-refractivity contribution in [2.24, 2.45) is 11.8 Å². The maximum atomic E-state index is 14.2. The number of amides is 4. The molecule has 3 aliphatic heterocycles. The van der Waals surface area contributed by atoms with Gasteiger partial charge in [-0.15, -0.1) is 0 Å². The van der Waals surface area contributed by atoms with Crippen molar-refractivity contribution in [3.8, 4) is 0 Å². The van der Waals surface area contributed by atoms with Gasteiger partial charge in [0, 0.05) is 50.2 Å². The number of hydrogen-bond acceptors (Lipinski definition) is 4. The summed E-state index contributed by atoms with van der Waals surface area (Å²) in [5, 5.41) is 9.88. The normalized spacial score (nSPS) is 27.5. The van der Waals surface area contributed by atoms with Gasteiger partial charge in [0.2, 0.25) is 11.8 Å². The summed E-state index contributed by atoms with van der Waals surface area (Å²) in [5.74, 6) is 0.469. The summed E-state index contributed by atoms with van der Waals surface area (Å²) in [7, 11) is 0. The van der Waals surface area contributed by atoms with Crippen LogP contribution in [0.5, 0.6) is 0 Å². The van der Waals surface area contributed by atoms with Gasteiger partial charge >= 0.3 is 6.03 Å². The smallest absolute Gasteiger partial charge is 0.315 e. The van der Waals surface area contributed by atoms with Crippen LogP contribution in [0.2, 0.25) is 0 Å². The third-order valence-corrected chi connectivity index (χ3v) is 9.37. The molecule has 5 atom stereocenters. The van der Waals surface area contributed by atoms with Crippen LogP contribution in [0.3, 0.4) is 0 Å². The van der Waals surface area contributed by atoms with Crippen molar-refractivity contribution in [3.05, 3.63) is 65.7 Å². The number of carbonyl (C=O) groups excluding carboxylic acids is 3. The predicted molar refractivity (Wildman–Crippen MR) is 155 cm³/mol. The average molecular weight is 544 g/mol. The molecule has 2 aromatic rings. The van der Waals surface area contributed by atoms with Gasteiger partial charge in [0.15, 0.2) is 0 Å². The molecule has 4 amide bonds. The lowest BCUT2D eigenvalue weighted by Gasteiger charge is -2.42. The van der Waals surface area contributed by atoms with E-state index in [2.05, 4.69) is 69.4 Å². The summed E-state index contributed by atoms with van der Waals surface area (Å²) in [6, 6.07) is 18.8. The molecule has 3 N–H and O–H groups in total. The third-order valence-electron chi connectivity index (χ3n) is 9.37. The Kier molecular flexibility index (Phi) is 7.93. The number of para-hydroxylation sites is 1. The number of anilines is 1. The number of rotatable bonds is 7. The zero-order valence-corrected chi connectivity index (χ0v) is 23.2. The number of nitrogens with one attached hydrogen (secondary N) is 3. The van der Waals surface area contributed by atoms with Gasteiger partial charge in [-0.2, -0.15) is 0 Å². The highest BCUT2D eigenvalue weighted by molar-refractivity contribution is 5.83. The van der Waals surface area contributed by atoms with E-state index in [1.807, 2.05) is 11.0 Å². The summed E-state index contributed by atoms with van der Waals surface area (Å²) >= 11 is 0. The minimum Gasteiger partial charge on any atom is -0.378 e. The van der Waals surface area contributed by atoms with Crippen molar-refractivity contribution in [2.45, 2.75) is 69.5 Å². The number of carbonyl (C=O) groups is 3. The number of benzene rings is 2. The van der Waals surface area contributed by atoms with Crippen LogP contribution >= 0.6 is 0 Å². The van der Waals surface area contributed by atoms with Crippen LogP contribution in [0.15, 0.2) is 54.6 Å². The van der Waals surface area contributed by atoms with Crippen molar-refractivity contribution in [1.82, 2.24) is 20.4 Å². The molecular weight excluding hydrogens is 502 g/mol. The molecule has 2 saturated heterocycles. The molecule has 8 heteroatoms. The van der Waals surface area contributed by atoms with E-state index in [9.17, 15) is 14.4 Å². The summed E-state index contributed by atoms with van der Waals surface area (Å²) in [4.78, 5) is 42.9. The fourth-order valence-corrected chi connectivity index (χ4v) is 7.41. The Labute approximate surface area is 236 Å². The zero-order valence-electron chi connectivity index (χ0n) is 23.2. The van der Waals surface area contributed by atoms with Crippen LogP contribution in [0.1, 0.15) is 74.6 Å². The molecule has 212 valence electrons. The van der Waals surface area contributed by atoms with Gasteiger partial charge < -0.3 is 25.8 Å². The average Bonchev–Trinajstić information content (AvgIpc) is 3.62. The third kappa shape index (κ3) is 5.40. The van der Waals surface area contributed by atoms with Crippen LogP contribution in [-0.4, -0.2) is 59.9 Å². The Bertz CT molecular complexity index is 1220. The molecule has 0 aromatic heterocycles. The molecule has 0 bridgehead atoms. The van der Waals surface area contributed by atoms with Crippen molar-refractivity contribution in [2.75, 3.05) is 31.5 Å². The molecule has 0 radical (unpaired) electrons. The number of likely N-dealkylation sites (tertiary alicyclic amines) is 2. The molecule has 6 rings (SSSR count). The highest BCUT2D eigenvalue weighted by Crippen LogP contribution is 2.51. The van der Waals surface area contributed by atoms with Gasteiger partial charge in [-0.05, 0) is 49.3 Å². The zero-order chi connectivity index (χ0) is 27.5. The van der Waals surface area contributed by atoms with Gasteiger partial charge in [0.05, 0.1) is 18.0 Å². The molecule has 0 unspecified atom stereocenters. The van der Waals surface area contributed by atoms with Crippen molar-refractivity contribution < 1.29 is 14.4 Å². The fourth-order valence-electron chi connectivity index (χ4n) is 7.41. The number of hydrogen-bond donors (Lipinski definition) is 3. The Morgan fingerprint density at radius 1 is 0.925 bits per heavy atom. The van der Waals surface area contributed by atoms with Crippen molar-refractivity contribution in [3.63, 3.8) is 0 Å². The first-order valence-corrected chi connectivity index (χ1v) is 15.1. The quantitative estimate of drug-likeness (QED) is 0.445. The van der Waals surface area contributed by atoms with Crippen molar-refractivity contribution in [1.29, 1.82) is 0 Å². The van der Waals surface area contributed by atoms with Crippen LogP contribution in [0, 0.1) is 11.8 Å². The largest absolute Gasteiger partial charge is 0.378 e. The SMILES string of the molecule is O=C(NCCCN1CCCC1=O)N[C@@H]1CCCC[C@@H]1C(=O)N1CC[C@@H]2[C@H](c3ccccc3)Nc3ccccc3[C@@H]21. The lowest BCUT2D eigenvalue weighted by molar-refractivity contribution is -0.139. The summed E-state index contributed by atoms with van der Waals surface area (Å²) in [6.07, 6.45) is 6.89. The van der Waals surface area contributed by atoms with E-state index in [0.717, 1.165) is 63.7 Å². The second kappa shape index (κ2) is 11.9.